The van der Waals surface area contributed by atoms with Crippen LogP contribution in [0.5, 0.6) is 11.5 Å². The predicted octanol–water partition coefficient (Wildman–Crippen LogP) is 6.37. The summed E-state index contributed by atoms with van der Waals surface area (Å²) in [5.74, 6) is 0.687. The van der Waals surface area contributed by atoms with E-state index in [2.05, 4.69) is 41.3 Å². The van der Waals surface area contributed by atoms with E-state index in [0.29, 0.717) is 32.5 Å². The molecule has 7 heteroatoms. The molecular formula is C29H28N2O4S. The normalized spacial score (nSPS) is 14.0. The smallest absolute Gasteiger partial charge is 0.306 e. The number of thiazole rings is 1. The summed E-state index contributed by atoms with van der Waals surface area (Å²) >= 11 is 1.59. The number of carboxylic acids is 1. The Labute approximate surface area is 214 Å². The van der Waals surface area contributed by atoms with Crippen molar-refractivity contribution in [1.29, 1.82) is 0 Å². The highest BCUT2D eigenvalue weighted by Gasteiger charge is 2.26. The number of carbonyl (C=O) groups is 1. The lowest BCUT2D eigenvalue weighted by Crippen LogP contribution is -2.36. The molecule has 1 aliphatic heterocycles. The summed E-state index contributed by atoms with van der Waals surface area (Å²) < 4.78 is 11.5. The highest BCUT2D eigenvalue weighted by atomic mass is 32.1. The Hall–Kier alpha value is -3.84. The van der Waals surface area contributed by atoms with Crippen LogP contribution in [-0.4, -0.2) is 36.3 Å². The quantitative estimate of drug-likeness (QED) is 0.303. The SMILES string of the molecule is COc1ccc(-c2ccc(COc3ccccc3-c3csc(N4CCC(C(=O)O)CC4)n3)cc2)cc1. The van der Waals surface area contributed by atoms with Gasteiger partial charge in [-0.1, -0.05) is 48.5 Å². The van der Waals surface area contributed by atoms with Crippen molar-refractivity contribution in [1.82, 2.24) is 4.98 Å². The molecular weight excluding hydrogens is 472 g/mol. The molecule has 1 aromatic heterocycles. The first-order valence-electron chi connectivity index (χ1n) is 12.0. The minimum Gasteiger partial charge on any atom is -0.497 e. The molecule has 1 aliphatic rings. The lowest BCUT2D eigenvalue weighted by atomic mass is 9.97. The van der Waals surface area contributed by atoms with E-state index in [1.54, 1.807) is 18.4 Å². The van der Waals surface area contributed by atoms with Crippen LogP contribution in [0.2, 0.25) is 0 Å². The molecule has 184 valence electrons. The Balaban J connectivity index is 1.24. The molecule has 0 saturated carbocycles. The molecule has 4 aromatic rings. The number of rotatable bonds is 8. The van der Waals surface area contributed by atoms with E-state index in [-0.39, 0.29) is 5.92 Å². The Morgan fingerprint density at radius 2 is 1.67 bits per heavy atom. The summed E-state index contributed by atoms with van der Waals surface area (Å²) in [6.07, 6.45) is 1.31. The minimum absolute atomic E-state index is 0.250. The first kappa shape index (κ1) is 23.9. The van der Waals surface area contributed by atoms with Crippen molar-refractivity contribution in [2.24, 2.45) is 5.92 Å². The van der Waals surface area contributed by atoms with Crippen LogP contribution in [0.25, 0.3) is 22.4 Å². The van der Waals surface area contributed by atoms with Crippen LogP contribution in [0.3, 0.4) is 0 Å². The van der Waals surface area contributed by atoms with Gasteiger partial charge in [0.1, 0.15) is 18.1 Å². The van der Waals surface area contributed by atoms with Crippen LogP contribution >= 0.6 is 11.3 Å². The highest BCUT2D eigenvalue weighted by molar-refractivity contribution is 7.14. The summed E-state index contributed by atoms with van der Waals surface area (Å²) in [7, 11) is 1.67. The van der Waals surface area contributed by atoms with Gasteiger partial charge in [-0.05, 0) is 53.8 Å². The summed E-state index contributed by atoms with van der Waals surface area (Å²) in [6, 6.07) is 24.4. The second-order valence-corrected chi connectivity index (χ2v) is 9.66. The van der Waals surface area contributed by atoms with E-state index in [9.17, 15) is 9.90 Å². The fourth-order valence-electron chi connectivity index (χ4n) is 4.39. The zero-order valence-corrected chi connectivity index (χ0v) is 20.9. The average Bonchev–Trinajstić information content (AvgIpc) is 3.43. The molecule has 0 atom stereocenters. The Morgan fingerprint density at radius 3 is 2.33 bits per heavy atom. The Morgan fingerprint density at radius 1 is 1.00 bits per heavy atom. The standard InChI is InChI=1S/C29H28N2O4S/c1-34-24-12-10-22(11-13-24)21-8-6-20(7-9-21)18-35-27-5-3-2-4-25(27)26-19-36-29(30-26)31-16-14-23(15-17-31)28(32)33/h2-13,19,23H,14-18H2,1H3,(H,32,33). The van der Waals surface area contributed by atoms with E-state index in [0.717, 1.165) is 44.6 Å². The number of hydrogen-bond acceptors (Lipinski definition) is 6. The zero-order chi connectivity index (χ0) is 24.9. The topological polar surface area (TPSA) is 71.9 Å². The van der Waals surface area contributed by atoms with Crippen molar-refractivity contribution in [3.8, 4) is 33.9 Å². The van der Waals surface area contributed by atoms with Gasteiger partial charge >= 0.3 is 5.97 Å². The van der Waals surface area contributed by atoms with E-state index in [1.165, 1.54) is 0 Å². The largest absolute Gasteiger partial charge is 0.497 e. The van der Waals surface area contributed by atoms with Crippen LogP contribution < -0.4 is 14.4 Å². The van der Waals surface area contributed by atoms with Crippen molar-refractivity contribution >= 4 is 22.4 Å². The summed E-state index contributed by atoms with van der Waals surface area (Å²) in [5, 5.41) is 12.2. The second-order valence-electron chi connectivity index (χ2n) is 8.83. The molecule has 0 spiro atoms. The van der Waals surface area contributed by atoms with E-state index >= 15 is 0 Å². The molecule has 5 rings (SSSR count). The van der Waals surface area contributed by atoms with Gasteiger partial charge in [0, 0.05) is 24.0 Å². The van der Waals surface area contributed by atoms with Gasteiger partial charge in [0.2, 0.25) is 0 Å². The third kappa shape index (κ3) is 5.36. The Kier molecular flexibility index (Phi) is 7.18. The lowest BCUT2D eigenvalue weighted by molar-refractivity contribution is -0.142. The van der Waals surface area contributed by atoms with Crippen molar-refractivity contribution in [3.05, 3.63) is 83.7 Å². The number of carboxylic acid groups (broad SMARTS) is 1. The van der Waals surface area contributed by atoms with E-state index < -0.39 is 5.97 Å². The van der Waals surface area contributed by atoms with Crippen LogP contribution in [0.1, 0.15) is 18.4 Å². The van der Waals surface area contributed by atoms with Gasteiger partial charge in [0.15, 0.2) is 5.13 Å². The van der Waals surface area contributed by atoms with Gasteiger partial charge in [0.25, 0.3) is 0 Å². The molecule has 1 fully saturated rings. The fourth-order valence-corrected chi connectivity index (χ4v) is 5.27. The molecule has 0 aliphatic carbocycles. The Bertz CT molecular complexity index is 1310. The fraction of sp³-hybridized carbons (Fsp3) is 0.241. The number of anilines is 1. The number of benzene rings is 3. The first-order valence-corrected chi connectivity index (χ1v) is 12.9. The van der Waals surface area contributed by atoms with Gasteiger partial charge in [-0.25, -0.2) is 4.98 Å². The maximum absolute atomic E-state index is 11.2. The molecule has 0 amide bonds. The van der Waals surface area contributed by atoms with Crippen molar-refractivity contribution < 1.29 is 19.4 Å². The molecule has 1 saturated heterocycles. The summed E-state index contributed by atoms with van der Waals surface area (Å²) in [6.45, 7) is 1.89. The van der Waals surface area contributed by atoms with Crippen LogP contribution in [0.15, 0.2) is 78.2 Å². The van der Waals surface area contributed by atoms with Crippen molar-refractivity contribution in [2.45, 2.75) is 19.4 Å². The van der Waals surface area contributed by atoms with Gasteiger partial charge in [-0.15, -0.1) is 11.3 Å². The molecule has 0 unspecified atom stereocenters. The number of aliphatic carboxylic acids is 1. The molecule has 0 bridgehead atoms. The van der Waals surface area contributed by atoms with E-state index in [4.69, 9.17) is 14.5 Å². The maximum atomic E-state index is 11.2. The monoisotopic (exact) mass is 500 g/mol. The lowest BCUT2D eigenvalue weighted by Gasteiger charge is -2.29. The molecule has 36 heavy (non-hydrogen) atoms. The minimum atomic E-state index is -0.698. The molecule has 0 radical (unpaired) electrons. The zero-order valence-electron chi connectivity index (χ0n) is 20.1. The molecule has 6 nitrogen and oxygen atoms in total. The van der Waals surface area contributed by atoms with Gasteiger partial charge in [0.05, 0.1) is 18.7 Å². The number of aromatic nitrogens is 1. The third-order valence-electron chi connectivity index (χ3n) is 6.54. The molecule has 3 aromatic carbocycles. The van der Waals surface area contributed by atoms with Crippen LogP contribution in [0, 0.1) is 5.92 Å². The van der Waals surface area contributed by atoms with Gasteiger partial charge in [-0.2, -0.15) is 0 Å². The average molecular weight is 501 g/mol. The van der Waals surface area contributed by atoms with Crippen molar-refractivity contribution in [2.75, 3.05) is 25.1 Å². The number of piperidine rings is 1. The molecule has 2 heterocycles. The highest BCUT2D eigenvalue weighted by Crippen LogP contribution is 2.35. The first-order chi connectivity index (χ1) is 17.6. The number of methoxy groups -OCH3 is 1. The number of ether oxygens (including phenoxy) is 2. The predicted molar refractivity (Wildman–Crippen MR) is 143 cm³/mol. The van der Waals surface area contributed by atoms with Crippen LogP contribution in [-0.2, 0) is 11.4 Å². The van der Waals surface area contributed by atoms with E-state index in [1.807, 2.05) is 41.8 Å². The molecule has 1 N–H and O–H groups in total. The summed E-state index contributed by atoms with van der Waals surface area (Å²) in [4.78, 5) is 18.3. The van der Waals surface area contributed by atoms with Gasteiger partial charge in [-0.3, -0.25) is 4.79 Å². The summed E-state index contributed by atoms with van der Waals surface area (Å²) in [5.41, 5.74) is 5.20. The number of hydrogen-bond donors (Lipinski definition) is 1. The van der Waals surface area contributed by atoms with Crippen LogP contribution in [0.4, 0.5) is 5.13 Å². The number of nitrogens with zero attached hydrogens (tertiary/aromatic N) is 2. The maximum Gasteiger partial charge on any atom is 0.306 e. The third-order valence-corrected chi connectivity index (χ3v) is 7.44. The number of para-hydroxylation sites is 1. The van der Waals surface area contributed by atoms with Gasteiger partial charge < -0.3 is 19.5 Å². The van der Waals surface area contributed by atoms with Crippen molar-refractivity contribution in [3.63, 3.8) is 0 Å². The second kappa shape index (κ2) is 10.8.